The first-order valence-corrected chi connectivity index (χ1v) is 8.14. The summed E-state index contributed by atoms with van der Waals surface area (Å²) in [5.74, 6) is -0.880. The summed E-state index contributed by atoms with van der Waals surface area (Å²) in [5, 5.41) is 0. The van der Waals surface area contributed by atoms with E-state index in [0.29, 0.717) is 4.13 Å². The van der Waals surface area contributed by atoms with E-state index in [1.165, 1.54) is 0 Å². The molecule has 0 amide bonds. The van der Waals surface area contributed by atoms with E-state index in [0.717, 1.165) is 30.5 Å². The molecule has 0 bridgehead atoms. The van der Waals surface area contributed by atoms with Gasteiger partial charge < -0.3 is 4.74 Å². The van der Waals surface area contributed by atoms with Gasteiger partial charge in [0.05, 0.1) is 16.7 Å². The zero-order valence-electron chi connectivity index (χ0n) is 10.5. The number of benzene rings is 1. The van der Waals surface area contributed by atoms with E-state index in [1.54, 1.807) is 0 Å². The van der Waals surface area contributed by atoms with Crippen LogP contribution in [0, 0.1) is 0 Å². The molecule has 12 heteroatoms. The quantitative estimate of drug-likeness (QED) is 0.624. The van der Waals surface area contributed by atoms with Crippen molar-refractivity contribution in [2.75, 3.05) is 0 Å². The Labute approximate surface area is 123 Å². The van der Waals surface area contributed by atoms with Gasteiger partial charge in [0.25, 0.3) is 10.0 Å². The van der Waals surface area contributed by atoms with Gasteiger partial charge in [-0.25, -0.2) is 21.6 Å². The van der Waals surface area contributed by atoms with Crippen LogP contribution in [0.3, 0.4) is 0 Å². The second kappa shape index (κ2) is 6.06. The highest BCUT2D eigenvalue weighted by Crippen LogP contribution is 2.23. The Bertz CT molecular complexity index is 781. The molecule has 0 aliphatic rings. The fourth-order valence-corrected chi connectivity index (χ4v) is 3.57. The third-order valence-corrected chi connectivity index (χ3v) is 5.37. The monoisotopic (exact) mass is 359 g/mol. The third kappa shape index (κ3) is 4.05. The van der Waals surface area contributed by atoms with E-state index in [4.69, 9.17) is 0 Å². The van der Waals surface area contributed by atoms with Crippen molar-refractivity contribution in [3.05, 3.63) is 42.7 Å². The summed E-state index contributed by atoms with van der Waals surface area (Å²) in [6.07, 6.45) is 0.824. The third-order valence-electron chi connectivity index (χ3n) is 2.11. The molecule has 0 aliphatic carbocycles. The summed E-state index contributed by atoms with van der Waals surface area (Å²) in [6.45, 7) is 3.12. The molecule has 7 nitrogen and oxygen atoms in total. The van der Waals surface area contributed by atoms with Crippen LogP contribution in [-0.2, 0) is 24.8 Å². The zero-order chi connectivity index (χ0) is 17.2. The lowest BCUT2D eigenvalue weighted by Crippen LogP contribution is -2.40. The van der Waals surface area contributed by atoms with Crippen LogP contribution < -0.4 is 4.13 Å². The van der Waals surface area contributed by atoms with Crippen LogP contribution in [0.2, 0.25) is 0 Å². The van der Waals surface area contributed by atoms with Crippen molar-refractivity contribution >= 4 is 26.0 Å². The molecule has 1 rings (SSSR count). The van der Waals surface area contributed by atoms with Crippen molar-refractivity contribution in [1.29, 1.82) is 0 Å². The van der Waals surface area contributed by atoms with E-state index in [-0.39, 0.29) is 5.56 Å². The van der Waals surface area contributed by atoms with Crippen molar-refractivity contribution < 1.29 is 39.5 Å². The van der Waals surface area contributed by atoms with Crippen LogP contribution in [0.15, 0.2) is 42.0 Å². The molecule has 0 saturated carbocycles. The van der Waals surface area contributed by atoms with Gasteiger partial charge in [0.15, 0.2) is 0 Å². The summed E-state index contributed by atoms with van der Waals surface area (Å²) in [4.78, 5) is 10.5. The lowest BCUT2D eigenvalue weighted by atomic mass is 10.2. The normalized spacial score (nSPS) is 12.7. The van der Waals surface area contributed by atoms with Crippen molar-refractivity contribution in [3.63, 3.8) is 0 Å². The smallest absolute Gasteiger partial charge is 0.432 e. The fraction of sp³-hybridized carbons (Fsp3) is 0.100. The molecule has 0 fully saturated rings. The minimum Gasteiger partial charge on any atom is -0.432 e. The van der Waals surface area contributed by atoms with Crippen LogP contribution in [0.5, 0.6) is 0 Å². The van der Waals surface area contributed by atoms with Gasteiger partial charge in [-0.15, -0.1) is 0 Å². The van der Waals surface area contributed by atoms with Crippen LogP contribution in [0.1, 0.15) is 10.4 Å². The van der Waals surface area contributed by atoms with E-state index in [9.17, 15) is 34.8 Å². The van der Waals surface area contributed by atoms with Crippen molar-refractivity contribution in [1.82, 2.24) is 4.13 Å². The first-order chi connectivity index (χ1) is 9.90. The molecule has 0 spiro atoms. The average molecular weight is 359 g/mol. The van der Waals surface area contributed by atoms with E-state index < -0.39 is 36.4 Å². The lowest BCUT2D eigenvalue weighted by Gasteiger charge is -2.10. The Morgan fingerprint density at radius 1 is 1.14 bits per heavy atom. The predicted molar refractivity (Wildman–Crippen MR) is 67.4 cm³/mol. The highest BCUT2D eigenvalue weighted by molar-refractivity contribution is 8.05. The Kier molecular flexibility index (Phi) is 4.99. The molecule has 0 saturated heterocycles. The maximum atomic E-state index is 12.1. The van der Waals surface area contributed by atoms with Gasteiger partial charge in [0.2, 0.25) is 0 Å². The first-order valence-electron chi connectivity index (χ1n) is 5.17. The van der Waals surface area contributed by atoms with Crippen LogP contribution in [0.25, 0.3) is 0 Å². The van der Waals surface area contributed by atoms with Crippen molar-refractivity contribution in [2.45, 2.75) is 10.4 Å². The number of nitrogens with one attached hydrogen (secondary N) is 1. The number of hydrogen-bond acceptors (Lipinski definition) is 6. The largest absolute Gasteiger partial charge is 0.512 e. The summed E-state index contributed by atoms with van der Waals surface area (Å²) in [7, 11) is -11.1. The van der Waals surface area contributed by atoms with Crippen LogP contribution >= 0.6 is 0 Å². The molecule has 0 aliphatic heterocycles. The minimum absolute atomic E-state index is 0.113. The molecule has 0 aromatic heterocycles. The second-order valence-electron chi connectivity index (χ2n) is 3.63. The maximum Gasteiger partial charge on any atom is 0.512 e. The molecule has 1 aromatic rings. The molecular weight excluding hydrogens is 351 g/mol. The number of halogens is 3. The molecule has 22 heavy (non-hydrogen) atoms. The number of alkyl halides is 3. The number of sulfonamides is 2. The first kappa shape index (κ1) is 18.1. The molecule has 0 heterocycles. The summed E-state index contributed by atoms with van der Waals surface area (Å²) in [6, 6.07) is 3.35. The Hall–Kier alpha value is -1.92. The molecule has 0 atom stereocenters. The zero-order valence-corrected chi connectivity index (χ0v) is 12.1. The van der Waals surface area contributed by atoms with Gasteiger partial charge in [0.1, 0.15) is 0 Å². The van der Waals surface area contributed by atoms with E-state index >= 15 is 0 Å². The van der Waals surface area contributed by atoms with Gasteiger partial charge in [-0.3, -0.25) is 0 Å². The topological polar surface area (TPSA) is 107 Å². The number of hydrogen-bond donors (Lipinski definition) is 1. The fourth-order valence-electron chi connectivity index (χ4n) is 1.15. The number of esters is 1. The van der Waals surface area contributed by atoms with Gasteiger partial charge in [-0.2, -0.15) is 13.2 Å². The molecule has 122 valence electrons. The van der Waals surface area contributed by atoms with Crippen LogP contribution in [0.4, 0.5) is 13.2 Å². The Balaban J connectivity index is 3.10. The highest BCUT2D eigenvalue weighted by Gasteiger charge is 2.48. The summed E-state index contributed by atoms with van der Waals surface area (Å²) < 4.78 is 86.1. The number of ether oxygens (including phenoxy) is 1. The highest BCUT2D eigenvalue weighted by atomic mass is 32.3. The van der Waals surface area contributed by atoms with E-state index in [2.05, 4.69) is 11.3 Å². The summed E-state index contributed by atoms with van der Waals surface area (Å²) in [5.41, 5.74) is -5.90. The van der Waals surface area contributed by atoms with Gasteiger partial charge in [-0.1, -0.05) is 10.7 Å². The maximum absolute atomic E-state index is 12.1. The number of rotatable bonds is 5. The molecule has 1 N–H and O–H groups in total. The lowest BCUT2D eigenvalue weighted by molar-refractivity contribution is -0.0441. The van der Waals surface area contributed by atoms with Gasteiger partial charge in [-0.05, 0) is 24.3 Å². The standard InChI is InChI=1S/C10H8F3NO6S2/c1-2-20-9(15)7-3-5-8(6-4-7)21(16,17)14-22(18,19)10(11,12)13/h2-6,14H,1H2. The van der Waals surface area contributed by atoms with E-state index in [1.807, 2.05) is 0 Å². The Morgan fingerprint density at radius 2 is 1.64 bits per heavy atom. The molecule has 0 radical (unpaired) electrons. The molecular formula is C10H8F3NO6S2. The van der Waals surface area contributed by atoms with Crippen LogP contribution in [-0.4, -0.2) is 28.3 Å². The number of carbonyl (C=O) groups is 1. The number of carbonyl (C=O) groups excluding carboxylic acids is 1. The summed E-state index contributed by atoms with van der Waals surface area (Å²) >= 11 is 0. The Morgan fingerprint density at radius 3 is 2.05 bits per heavy atom. The molecule has 1 aromatic carbocycles. The second-order valence-corrected chi connectivity index (χ2v) is 7.25. The SMILES string of the molecule is C=COC(=O)c1ccc(S(=O)(=O)NS(=O)(=O)C(F)(F)F)cc1. The predicted octanol–water partition coefficient (Wildman–Crippen LogP) is 1.11. The molecule has 0 unspecified atom stereocenters. The van der Waals surface area contributed by atoms with Gasteiger partial charge >= 0.3 is 21.5 Å². The van der Waals surface area contributed by atoms with Crippen molar-refractivity contribution in [2.24, 2.45) is 0 Å². The minimum atomic E-state index is -6.08. The van der Waals surface area contributed by atoms with Gasteiger partial charge in [0, 0.05) is 0 Å². The van der Waals surface area contributed by atoms with Crippen molar-refractivity contribution in [3.8, 4) is 0 Å². The average Bonchev–Trinajstić information content (AvgIpc) is 2.36.